The third-order valence-electron chi connectivity index (χ3n) is 0.331. The van der Waals surface area contributed by atoms with Crippen LogP contribution in [0.1, 0.15) is 0 Å². The molecule has 0 atom stereocenters. The molecule has 0 saturated heterocycles. The van der Waals surface area contributed by atoms with E-state index in [1.807, 2.05) is 0 Å². The Hall–Kier alpha value is -0.328. The first-order chi connectivity index (χ1) is 3.50. The van der Waals surface area contributed by atoms with Gasteiger partial charge in [0.15, 0.2) is 0 Å². The van der Waals surface area contributed by atoms with Crippen molar-refractivity contribution >= 4 is 4.99 Å². The number of rotatable bonds is 0. The van der Waals surface area contributed by atoms with Crippen molar-refractivity contribution < 1.29 is 18.7 Å². The van der Waals surface area contributed by atoms with Crippen molar-refractivity contribution in [1.29, 1.82) is 0 Å². The molecule has 0 spiro atoms. The van der Waals surface area contributed by atoms with Gasteiger partial charge < -0.3 is 0 Å². The molecule has 0 radical (unpaired) electrons. The van der Waals surface area contributed by atoms with Gasteiger partial charge in [0, 0.05) is 0 Å². The maximum Gasteiger partial charge on any atom is 0.0690 e. The molecule has 1 aromatic heterocycles. The van der Waals surface area contributed by atoms with Crippen LogP contribution in [0.15, 0.2) is 12.4 Å². The maximum absolute atomic E-state index is 3.49. The van der Waals surface area contributed by atoms with Crippen LogP contribution in [0.2, 0.25) is 0 Å². The molecule has 3 nitrogen and oxygen atoms in total. The molecule has 0 aliphatic rings. The molecule has 1 aromatic rings. The number of nitrogens with one attached hydrogen (secondary N) is 1. The van der Waals surface area contributed by atoms with Gasteiger partial charge in [-0.25, -0.2) is 0 Å². The first kappa shape index (κ1) is 6.67. The summed E-state index contributed by atoms with van der Waals surface area (Å²) in [4.78, 5) is 3.10. The number of aromatic amines is 1. The van der Waals surface area contributed by atoms with Crippen LogP contribution in [0.4, 0.5) is 0 Å². The normalized spacial score (nSPS) is 6.57. The van der Waals surface area contributed by atoms with Gasteiger partial charge in [-0.05, 0) is 0 Å². The number of H-pyrrole nitrogens is 1. The molecule has 0 aromatic carbocycles. The Balaban J connectivity index is 0.000000162. The second-order valence-corrected chi connectivity index (χ2v) is 0.656. The summed E-state index contributed by atoms with van der Waals surface area (Å²) in [5.41, 5.74) is 0. The summed E-state index contributed by atoms with van der Waals surface area (Å²) >= 11 is 2.50. The predicted octanol–water partition coefficient (Wildman–Crippen LogP) is -0.230. The van der Waals surface area contributed by atoms with E-state index in [2.05, 4.69) is 39.1 Å². The Morgan fingerprint density at radius 3 is 1.86 bits per heavy atom. The third-order valence-corrected chi connectivity index (χ3v) is 0.331. The van der Waals surface area contributed by atoms with Crippen molar-refractivity contribution in [3.63, 3.8) is 0 Å². The van der Waals surface area contributed by atoms with Crippen LogP contribution in [-0.4, -0.2) is 20.4 Å². The van der Waals surface area contributed by atoms with Gasteiger partial charge in [0.1, 0.15) is 0 Å². The minimum atomic E-state index is 1.58. The zero-order valence-electron chi connectivity index (χ0n) is 3.57. The summed E-state index contributed by atoms with van der Waals surface area (Å²) in [7, 11) is 0. The van der Waals surface area contributed by atoms with E-state index in [1.165, 1.54) is 0 Å². The first-order valence-corrected chi connectivity index (χ1v) is 2.62. The fourth-order valence-electron chi connectivity index (χ4n) is 0.167. The summed E-state index contributed by atoms with van der Waals surface area (Å²) < 4.78 is 0. The van der Waals surface area contributed by atoms with Crippen molar-refractivity contribution in [3.8, 4) is 0 Å². The largest absolute Gasteiger partial charge is 0.198 e. The molecular weight excluding hydrogens is 184 g/mol. The Morgan fingerprint density at radius 2 is 1.71 bits per heavy atom. The number of hydrogen-bond acceptors (Lipinski definition) is 2. The van der Waals surface area contributed by atoms with Crippen LogP contribution >= 0.6 is 0 Å². The van der Waals surface area contributed by atoms with Crippen molar-refractivity contribution in [2.45, 2.75) is 0 Å². The zero-order chi connectivity index (χ0) is 5.54. The van der Waals surface area contributed by atoms with Crippen molar-refractivity contribution in [2.75, 3.05) is 0 Å². The Labute approximate surface area is 52.1 Å². The predicted molar refractivity (Wildman–Crippen MR) is 23.5 cm³/mol. The van der Waals surface area contributed by atoms with Crippen LogP contribution in [-0.2, 0) is 18.7 Å². The molecule has 4 heteroatoms. The summed E-state index contributed by atoms with van der Waals surface area (Å²) in [5, 5.41) is 9.33. The monoisotopic (exact) mass is 189 g/mol. The second kappa shape index (κ2) is 5.67. The van der Waals surface area contributed by atoms with Crippen LogP contribution in [0.3, 0.4) is 0 Å². The summed E-state index contributed by atoms with van der Waals surface area (Å²) in [6.45, 7) is 0. The SMILES string of the molecule is [CH2]=[Pd].c1cn[nH]n1. The van der Waals surface area contributed by atoms with Gasteiger partial charge in [0.05, 0.1) is 12.4 Å². The molecule has 1 rings (SSSR count). The van der Waals surface area contributed by atoms with Gasteiger partial charge in [0.2, 0.25) is 0 Å². The molecule has 0 amide bonds. The second-order valence-electron chi connectivity index (χ2n) is 0.656. The van der Waals surface area contributed by atoms with Gasteiger partial charge >= 0.3 is 23.7 Å². The third kappa shape index (κ3) is 3.50. The van der Waals surface area contributed by atoms with E-state index in [-0.39, 0.29) is 0 Å². The fraction of sp³-hybridized carbons (Fsp3) is 0. The number of nitrogens with zero attached hydrogens (tertiary/aromatic N) is 2. The molecule has 0 aliphatic heterocycles. The van der Waals surface area contributed by atoms with Crippen LogP contribution in [0.5, 0.6) is 0 Å². The van der Waals surface area contributed by atoms with E-state index >= 15 is 0 Å². The quantitative estimate of drug-likeness (QED) is 0.573. The van der Waals surface area contributed by atoms with E-state index in [9.17, 15) is 0 Å². The van der Waals surface area contributed by atoms with E-state index in [0.717, 1.165) is 0 Å². The molecule has 0 saturated carbocycles. The molecule has 1 N–H and O–H groups in total. The van der Waals surface area contributed by atoms with Gasteiger partial charge in [-0.1, -0.05) is 0 Å². The molecule has 1 heterocycles. The minimum Gasteiger partial charge on any atom is -0.198 e. The molecule has 0 unspecified atom stereocenters. The Morgan fingerprint density at radius 1 is 1.29 bits per heavy atom. The summed E-state index contributed by atoms with van der Waals surface area (Å²) in [6, 6.07) is 0. The van der Waals surface area contributed by atoms with E-state index in [0.29, 0.717) is 0 Å². The first-order valence-electron chi connectivity index (χ1n) is 1.52. The summed E-state index contributed by atoms with van der Waals surface area (Å²) in [5.74, 6) is 0. The van der Waals surface area contributed by atoms with E-state index in [1.54, 1.807) is 12.4 Å². The number of aromatic nitrogens is 3. The smallest absolute Gasteiger partial charge is 0.0690 e. The van der Waals surface area contributed by atoms with Gasteiger partial charge in [-0.15, -0.1) is 0 Å². The molecule has 42 valence electrons. The van der Waals surface area contributed by atoms with Crippen molar-refractivity contribution in [3.05, 3.63) is 12.4 Å². The Bertz CT molecular complexity index is 77.1. The van der Waals surface area contributed by atoms with Gasteiger partial charge in [0.25, 0.3) is 0 Å². The zero-order valence-corrected chi connectivity index (χ0v) is 5.13. The number of hydrogen-bond donors (Lipinski definition) is 1. The topological polar surface area (TPSA) is 41.6 Å². The summed E-state index contributed by atoms with van der Waals surface area (Å²) in [6.07, 6.45) is 3.17. The van der Waals surface area contributed by atoms with Crippen molar-refractivity contribution in [1.82, 2.24) is 15.4 Å². The van der Waals surface area contributed by atoms with Gasteiger partial charge in [-0.3, -0.25) is 0 Å². The molecule has 7 heavy (non-hydrogen) atoms. The molecule has 0 aliphatic carbocycles. The van der Waals surface area contributed by atoms with E-state index in [4.69, 9.17) is 0 Å². The fourth-order valence-corrected chi connectivity index (χ4v) is 0.167. The van der Waals surface area contributed by atoms with Crippen LogP contribution in [0.25, 0.3) is 0 Å². The van der Waals surface area contributed by atoms with Crippen LogP contribution < -0.4 is 0 Å². The molecule has 0 fully saturated rings. The van der Waals surface area contributed by atoms with E-state index < -0.39 is 0 Å². The maximum atomic E-state index is 3.49. The average Bonchev–Trinajstić information content (AvgIpc) is 2.23. The average molecular weight is 190 g/mol. The Kier molecular flexibility index (Phi) is 5.41. The van der Waals surface area contributed by atoms with Crippen LogP contribution in [0, 0.1) is 0 Å². The molecule has 0 bridgehead atoms. The standard InChI is InChI=1S/C2H3N3.CH2.Pd/c1-2-4-5-3-1;;/h1-2H,(H,3,4,5);1H2;. The minimum absolute atomic E-state index is 1.58. The molecular formula is C3H5N3Pd. The van der Waals surface area contributed by atoms with Crippen molar-refractivity contribution in [2.24, 2.45) is 0 Å². The van der Waals surface area contributed by atoms with Gasteiger partial charge in [-0.2, -0.15) is 15.4 Å².